The minimum atomic E-state index is -0.204. The minimum absolute atomic E-state index is 0.0178. The lowest BCUT2D eigenvalue weighted by Crippen LogP contribution is -2.51. The molecule has 1 saturated carbocycles. The summed E-state index contributed by atoms with van der Waals surface area (Å²) in [5.74, 6) is 1.07. The number of aromatic amines is 1. The van der Waals surface area contributed by atoms with Gasteiger partial charge in [0.15, 0.2) is 5.69 Å². The van der Waals surface area contributed by atoms with Crippen LogP contribution in [0.2, 0.25) is 5.02 Å². The Balaban J connectivity index is 0.822. The molecule has 7 rings (SSSR count). The number of aromatic nitrogens is 5. The van der Waals surface area contributed by atoms with Gasteiger partial charge < -0.3 is 24.8 Å². The summed E-state index contributed by atoms with van der Waals surface area (Å²) in [6.07, 6.45) is 11.7. The number of piperazine rings is 1. The summed E-state index contributed by atoms with van der Waals surface area (Å²) in [5, 5.41) is 12.4. The zero-order chi connectivity index (χ0) is 36.9. The lowest BCUT2D eigenvalue weighted by molar-refractivity contribution is -0.138. The van der Waals surface area contributed by atoms with Crippen molar-refractivity contribution in [1.29, 1.82) is 5.26 Å². The summed E-state index contributed by atoms with van der Waals surface area (Å²) < 4.78 is 6.01. The average molecular weight is 739 g/mol. The van der Waals surface area contributed by atoms with Gasteiger partial charge >= 0.3 is 0 Å². The number of amides is 2. The minimum Gasteiger partial charge on any atom is -0.489 e. The van der Waals surface area contributed by atoms with Gasteiger partial charge in [-0.2, -0.15) is 5.26 Å². The second-order valence-corrected chi connectivity index (χ2v) is 14.5. The number of halogens is 1. The van der Waals surface area contributed by atoms with E-state index < -0.39 is 0 Å². The molecule has 0 radical (unpaired) electrons. The van der Waals surface area contributed by atoms with Crippen LogP contribution in [0.4, 0.5) is 5.95 Å². The van der Waals surface area contributed by atoms with E-state index in [1.807, 2.05) is 36.2 Å². The highest BCUT2D eigenvalue weighted by Gasteiger charge is 2.31. The fraction of sp³-hybridized carbons (Fsp3) is 0.474. The molecule has 2 N–H and O–H groups in total. The number of carbonyl (C=O) groups is 2. The average Bonchev–Trinajstić information content (AvgIpc) is 3.18. The van der Waals surface area contributed by atoms with E-state index in [0.717, 1.165) is 73.8 Å². The van der Waals surface area contributed by atoms with Crippen molar-refractivity contribution in [1.82, 2.24) is 40.0 Å². The Kier molecular flexibility index (Phi) is 11.1. The van der Waals surface area contributed by atoms with Gasteiger partial charge in [-0.1, -0.05) is 18.5 Å². The quantitative estimate of drug-likeness (QED) is 0.255. The van der Waals surface area contributed by atoms with Crippen LogP contribution in [-0.4, -0.2) is 97.9 Å². The van der Waals surface area contributed by atoms with Gasteiger partial charge in [0.05, 0.1) is 33.9 Å². The van der Waals surface area contributed by atoms with Crippen LogP contribution in [0.1, 0.15) is 72.6 Å². The molecular weight excluding hydrogens is 696 g/mol. The number of nitriles is 1. The predicted molar refractivity (Wildman–Crippen MR) is 199 cm³/mol. The fourth-order valence-electron chi connectivity index (χ4n) is 7.44. The number of carbonyl (C=O) groups excluding carboxylic acids is 2. The number of fused-ring (bicyclic) bond motifs is 1. The molecule has 0 bridgehead atoms. The third-order valence-corrected chi connectivity index (χ3v) is 10.8. The smallest absolute Gasteiger partial charge is 0.254 e. The van der Waals surface area contributed by atoms with Gasteiger partial charge in [-0.05, 0) is 62.6 Å². The standard InChI is InChI=1S/C38H43ClN10O4/c1-2-25-16-32-33(46-35(25)50)15-24(19-41-32)23-47-11-13-48(14-12-47)37(52)26-7-9-49(10-8-26)38-43-20-27(21-44-38)36(51)45-28-3-5-29(6-4-28)53-30-17-31(39)34(18-40)42-22-30/h15-17,19-22,26,28-29H,2-14,23H2,1H3,(H,45,51)(H,46,50). The van der Waals surface area contributed by atoms with Crippen molar-refractivity contribution in [2.24, 2.45) is 5.92 Å². The molecule has 4 aromatic rings. The van der Waals surface area contributed by atoms with E-state index in [4.69, 9.17) is 21.6 Å². The van der Waals surface area contributed by atoms with Crippen LogP contribution in [-0.2, 0) is 17.8 Å². The second kappa shape index (κ2) is 16.3. The van der Waals surface area contributed by atoms with E-state index in [0.29, 0.717) is 56.4 Å². The first-order valence-electron chi connectivity index (χ1n) is 18.4. The number of nitrogens with zero attached hydrogens (tertiary/aromatic N) is 8. The molecule has 0 atom stereocenters. The van der Waals surface area contributed by atoms with E-state index in [9.17, 15) is 14.4 Å². The topological polar surface area (TPSA) is 173 Å². The first-order valence-corrected chi connectivity index (χ1v) is 18.8. The molecule has 53 heavy (non-hydrogen) atoms. The van der Waals surface area contributed by atoms with Gasteiger partial charge in [0.2, 0.25) is 11.9 Å². The maximum absolute atomic E-state index is 13.5. The van der Waals surface area contributed by atoms with E-state index >= 15 is 0 Å². The highest BCUT2D eigenvalue weighted by Crippen LogP contribution is 2.27. The van der Waals surface area contributed by atoms with Crippen LogP contribution < -0.4 is 20.5 Å². The number of H-pyrrole nitrogens is 1. The summed E-state index contributed by atoms with van der Waals surface area (Å²) >= 11 is 6.08. The summed E-state index contributed by atoms with van der Waals surface area (Å²) in [5.41, 5.74) is 3.83. The van der Waals surface area contributed by atoms with Gasteiger partial charge in [0, 0.05) is 88.0 Å². The Labute approximate surface area is 312 Å². The number of nitrogens with one attached hydrogen (secondary N) is 2. The first kappa shape index (κ1) is 36.2. The molecule has 0 aromatic carbocycles. The van der Waals surface area contributed by atoms with Crippen LogP contribution in [0.5, 0.6) is 5.75 Å². The van der Waals surface area contributed by atoms with Gasteiger partial charge in [-0.3, -0.25) is 24.3 Å². The van der Waals surface area contributed by atoms with Crippen molar-refractivity contribution in [3.8, 4) is 11.8 Å². The van der Waals surface area contributed by atoms with Crippen LogP contribution in [0.15, 0.2) is 47.8 Å². The SMILES string of the molecule is CCc1cc2ncc(CN3CCN(C(=O)C4CCN(c5ncc(C(=O)NC6CCC(Oc7cnc(C#N)c(Cl)c7)CC6)cn5)CC4)CC3)cc2[nH]c1=O. The molecule has 276 valence electrons. The molecule has 6 heterocycles. The number of aryl methyl sites for hydroxylation is 1. The predicted octanol–water partition coefficient (Wildman–Crippen LogP) is 3.88. The molecule has 2 aliphatic heterocycles. The van der Waals surface area contributed by atoms with Gasteiger partial charge in [-0.15, -0.1) is 0 Å². The Morgan fingerprint density at radius 3 is 2.36 bits per heavy atom. The van der Waals surface area contributed by atoms with Crippen molar-refractivity contribution in [3.63, 3.8) is 0 Å². The number of rotatable bonds is 9. The molecule has 0 unspecified atom stereocenters. The van der Waals surface area contributed by atoms with Gasteiger partial charge in [0.1, 0.15) is 11.8 Å². The maximum atomic E-state index is 13.5. The largest absolute Gasteiger partial charge is 0.489 e. The lowest BCUT2D eigenvalue weighted by Gasteiger charge is -2.38. The molecule has 1 aliphatic carbocycles. The third-order valence-electron chi connectivity index (χ3n) is 10.6. The molecule has 3 fully saturated rings. The van der Waals surface area contributed by atoms with Crippen molar-refractivity contribution in [3.05, 3.63) is 80.7 Å². The Bertz CT molecular complexity index is 2050. The molecule has 0 spiro atoms. The molecule has 3 aliphatic rings. The van der Waals surface area contributed by atoms with E-state index in [1.165, 1.54) is 6.20 Å². The highest BCUT2D eigenvalue weighted by atomic mass is 35.5. The van der Waals surface area contributed by atoms with E-state index in [-0.39, 0.29) is 46.2 Å². The number of hydrogen-bond donors (Lipinski definition) is 2. The van der Waals surface area contributed by atoms with Gasteiger partial charge in [0.25, 0.3) is 11.5 Å². The Morgan fingerprint density at radius 1 is 0.943 bits per heavy atom. The molecule has 2 amide bonds. The maximum Gasteiger partial charge on any atom is 0.254 e. The number of anilines is 1. The van der Waals surface area contributed by atoms with Crippen molar-refractivity contribution in [2.75, 3.05) is 44.2 Å². The van der Waals surface area contributed by atoms with Crippen molar-refractivity contribution in [2.45, 2.75) is 70.6 Å². The first-order chi connectivity index (χ1) is 25.8. The summed E-state index contributed by atoms with van der Waals surface area (Å²) in [6, 6.07) is 7.43. The monoisotopic (exact) mass is 738 g/mol. The van der Waals surface area contributed by atoms with Crippen molar-refractivity contribution >= 4 is 40.4 Å². The molecule has 2 saturated heterocycles. The van der Waals surface area contributed by atoms with E-state index in [2.05, 4.69) is 40.0 Å². The normalized spacial score (nSPS) is 19.9. The Morgan fingerprint density at radius 2 is 1.68 bits per heavy atom. The Hall–Kier alpha value is -5.13. The zero-order valence-corrected chi connectivity index (χ0v) is 30.5. The molecule has 15 heteroatoms. The second-order valence-electron chi connectivity index (χ2n) is 14.1. The highest BCUT2D eigenvalue weighted by molar-refractivity contribution is 6.31. The van der Waals surface area contributed by atoms with Crippen molar-refractivity contribution < 1.29 is 14.3 Å². The van der Waals surface area contributed by atoms with Crippen LogP contribution in [0.3, 0.4) is 0 Å². The summed E-state index contributed by atoms with van der Waals surface area (Å²) in [4.78, 5) is 65.7. The van der Waals surface area contributed by atoms with Gasteiger partial charge in [-0.25, -0.2) is 15.0 Å². The van der Waals surface area contributed by atoms with Crippen LogP contribution in [0, 0.1) is 17.2 Å². The molecule has 4 aromatic heterocycles. The number of piperidine rings is 1. The zero-order valence-electron chi connectivity index (χ0n) is 29.8. The van der Waals surface area contributed by atoms with Crippen LogP contribution in [0.25, 0.3) is 11.0 Å². The molecule has 14 nitrogen and oxygen atoms in total. The van der Waals surface area contributed by atoms with E-state index in [1.54, 1.807) is 18.5 Å². The number of hydrogen-bond acceptors (Lipinski definition) is 11. The third kappa shape index (κ3) is 8.58. The molecular formula is C38H43ClN10O4. The fourth-order valence-corrected chi connectivity index (χ4v) is 7.64. The summed E-state index contributed by atoms with van der Waals surface area (Å²) in [6.45, 7) is 6.96. The summed E-state index contributed by atoms with van der Waals surface area (Å²) in [7, 11) is 0. The lowest BCUT2D eigenvalue weighted by atomic mass is 9.92. The van der Waals surface area contributed by atoms with Crippen LogP contribution >= 0.6 is 11.6 Å². The number of pyridine rings is 3. The number of ether oxygens (including phenoxy) is 1.